The third kappa shape index (κ3) is 3.89. The van der Waals surface area contributed by atoms with E-state index in [1.165, 1.54) is 4.90 Å². The number of ether oxygens (including phenoxy) is 1. The van der Waals surface area contributed by atoms with Crippen LogP contribution in [-0.2, 0) is 19.2 Å². The molecule has 7 heteroatoms. The summed E-state index contributed by atoms with van der Waals surface area (Å²) in [6, 6.07) is 12.3. The maximum absolute atomic E-state index is 12.9. The van der Waals surface area contributed by atoms with Crippen molar-refractivity contribution in [1.82, 2.24) is 0 Å². The Hall–Kier alpha value is -3.48. The highest BCUT2D eigenvalue weighted by Gasteiger charge is 2.48. The number of esters is 1. The first kappa shape index (κ1) is 22.3. The number of fused-ring (bicyclic) bond motifs is 1. The van der Waals surface area contributed by atoms with Crippen LogP contribution in [0.25, 0.3) is 0 Å². The van der Waals surface area contributed by atoms with Gasteiger partial charge in [0.15, 0.2) is 0 Å². The molecule has 0 N–H and O–H groups in total. The summed E-state index contributed by atoms with van der Waals surface area (Å²) in [4.78, 5) is 54.1. The minimum absolute atomic E-state index is 0.0813. The highest BCUT2D eigenvalue weighted by molar-refractivity contribution is 6.22. The van der Waals surface area contributed by atoms with Gasteiger partial charge in [0.1, 0.15) is 5.75 Å². The van der Waals surface area contributed by atoms with Crippen molar-refractivity contribution in [2.75, 3.05) is 16.3 Å². The third-order valence-electron chi connectivity index (χ3n) is 7.40. The van der Waals surface area contributed by atoms with Crippen molar-refractivity contribution in [3.05, 3.63) is 53.6 Å². The van der Waals surface area contributed by atoms with Gasteiger partial charge in [-0.25, -0.2) is 4.90 Å². The van der Waals surface area contributed by atoms with Crippen molar-refractivity contribution in [2.24, 2.45) is 17.8 Å². The molecule has 1 aliphatic carbocycles. The topological polar surface area (TPSA) is 84.0 Å². The number of nitrogens with zero attached hydrogens (tertiary/aromatic N) is 2. The smallest absolute Gasteiger partial charge is 0.316 e. The van der Waals surface area contributed by atoms with Crippen LogP contribution in [-0.4, -0.2) is 30.2 Å². The van der Waals surface area contributed by atoms with E-state index >= 15 is 0 Å². The Kier molecular flexibility index (Phi) is 5.71. The van der Waals surface area contributed by atoms with Crippen molar-refractivity contribution in [2.45, 2.75) is 46.0 Å². The first-order valence-electron chi connectivity index (χ1n) is 11.9. The number of amides is 3. The number of hydrogen-bond donors (Lipinski definition) is 0. The maximum atomic E-state index is 12.9. The van der Waals surface area contributed by atoms with Gasteiger partial charge in [-0.2, -0.15) is 0 Å². The Morgan fingerprint density at radius 3 is 2.26 bits per heavy atom. The van der Waals surface area contributed by atoms with Crippen LogP contribution >= 0.6 is 0 Å². The molecule has 2 saturated heterocycles. The second kappa shape index (κ2) is 8.70. The number of imide groups is 1. The molecule has 0 unspecified atom stereocenters. The second-order valence-electron chi connectivity index (χ2n) is 9.60. The zero-order valence-corrected chi connectivity index (χ0v) is 19.5. The molecule has 2 aromatic carbocycles. The fourth-order valence-corrected chi connectivity index (χ4v) is 5.31. The summed E-state index contributed by atoms with van der Waals surface area (Å²) >= 11 is 0. The summed E-state index contributed by atoms with van der Waals surface area (Å²) < 4.78 is 5.60. The molecular weight excluding hydrogens is 432 g/mol. The predicted octanol–water partition coefficient (Wildman–Crippen LogP) is 3.94. The highest BCUT2D eigenvalue weighted by atomic mass is 16.5. The van der Waals surface area contributed by atoms with Crippen LogP contribution < -0.4 is 14.5 Å². The quantitative estimate of drug-likeness (QED) is 0.392. The Bertz CT molecular complexity index is 1170. The zero-order valence-electron chi connectivity index (χ0n) is 19.5. The van der Waals surface area contributed by atoms with E-state index in [4.69, 9.17) is 4.74 Å². The van der Waals surface area contributed by atoms with Crippen LogP contribution in [0.4, 0.5) is 11.4 Å². The molecule has 3 fully saturated rings. The summed E-state index contributed by atoms with van der Waals surface area (Å²) in [5.41, 5.74) is 3.42. The lowest BCUT2D eigenvalue weighted by molar-refractivity contribution is -0.139. The molecule has 3 aliphatic rings. The van der Waals surface area contributed by atoms with Crippen molar-refractivity contribution >= 4 is 35.1 Å². The molecule has 2 heterocycles. The molecule has 3 amide bonds. The van der Waals surface area contributed by atoms with Gasteiger partial charge in [-0.15, -0.1) is 0 Å². The molecule has 176 valence electrons. The van der Waals surface area contributed by atoms with Gasteiger partial charge < -0.3 is 9.64 Å². The molecule has 3 atom stereocenters. The summed E-state index contributed by atoms with van der Waals surface area (Å²) in [5.74, 6) is -1.75. The number of benzene rings is 2. The lowest BCUT2D eigenvalue weighted by Gasteiger charge is -2.19. The van der Waals surface area contributed by atoms with Crippen molar-refractivity contribution < 1.29 is 23.9 Å². The van der Waals surface area contributed by atoms with E-state index in [0.717, 1.165) is 42.5 Å². The van der Waals surface area contributed by atoms with Gasteiger partial charge in [-0.1, -0.05) is 25.0 Å². The Labute approximate surface area is 198 Å². The minimum Gasteiger partial charge on any atom is -0.426 e. The average Bonchev–Trinajstić information content (AvgIpc) is 3.34. The van der Waals surface area contributed by atoms with E-state index in [1.807, 2.05) is 32.0 Å². The zero-order chi connectivity index (χ0) is 24.0. The highest BCUT2D eigenvalue weighted by Crippen LogP contribution is 2.40. The van der Waals surface area contributed by atoms with Crippen LogP contribution in [0.2, 0.25) is 0 Å². The van der Waals surface area contributed by atoms with Gasteiger partial charge in [0.05, 0.1) is 23.4 Å². The third-order valence-corrected chi connectivity index (χ3v) is 7.40. The molecule has 7 nitrogen and oxygen atoms in total. The fourth-order valence-electron chi connectivity index (χ4n) is 5.31. The standard InChI is InChI=1S/C27H28N2O5/c1-16-10-11-19(12-17(16)2)28-15-18(13-24(28)30)27(33)34-21-7-5-6-20(14-21)29-25(31)22-8-3-4-9-23(22)26(29)32/h5-7,10-12,14,18,22-23H,3-4,8-9,13,15H2,1-2H3/t18-,22-,23+/m1/s1. The van der Waals surface area contributed by atoms with Crippen LogP contribution in [0, 0.1) is 31.6 Å². The Morgan fingerprint density at radius 1 is 0.882 bits per heavy atom. The molecule has 2 aromatic rings. The molecule has 1 saturated carbocycles. The molecular formula is C27H28N2O5. The molecule has 5 rings (SSSR count). The number of anilines is 2. The van der Waals surface area contributed by atoms with Crippen LogP contribution in [0.3, 0.4) is 0 Å². The van der Waals surface area contributed by atoms with Crippen molar-refractivity contribution in [1.29, 1.82) is 0 Å². The van der Waals surface area contributed by atoms with Gasteiger partial charge in [0.2, 0.25) is 17.7 Å². The van der Waals surface area contributed by atoms with Crippen molar-refractivity contribution in [3.8, 4) is 5.75 Å². The van der Waals surface area contributed by atoms with Crippen LogP contribution in [0.15, 0.2) is 42.5 Å². The summed E-state index contributed by atoms with van der Waals surface area (Å²) in [6.07, 6.45) is 3.49. The number of carbonyl (C=O) groups is 4. The van der Waals surface area contributed by atoms with E-state index < -0.39 is 11.9 Å². The number of rotatable bonds is 4. The molecule has 0 aromatic heterocycles. The summed E-state index contributed by atoms with van der Waals surface area (Å²) in [5, 5.41) is 0. The van der Waals surface area contributed by atoms with Crippen LogP contribution in [0.1, 0.15) is 43.2 Å². The lowest BCUT2D eigenvalue weighted by atomic mass is 9.81. The molecule has 34 heavy (non-hydrogen) atoms. The van der Waals surface area contributed by atoms with Gasteiger partial charge in [0.25, 0.3) is 0 Å². The Balaban J connectivity index is 1.29. The van der Waals surface area contributed by atoms with E-state index in [2.05, 4.69) is 0 Å². The predicted molar refractivity (Wildman–Crippen MR) is 126 cm³/mol. The minimum atomic E-state index is -0.587. The summed E-state index contributed by atoms with van der Waals surface area (Å²) in [7, 11) is 0. The number of hydrogen-bond acceptors (Lipinski definition) is 5. The van der Waals surface area contributed by atoms with Gasteiger partial charge in [-0.3, -0.25) is 19.2 Å². The maximum Gasteiger partial charge on any atom is 0.316 e. The SMILES string of the molecule is Cc1ccc(N2C[C@H](C(=O)Oc3cccc(N4C(=O)[C@H]5CCCC[C@H]5C4=O)c3)CC2=O)cc1C. The largest absolute Gasteiger partial charge is 0.426 e. The van der Waals surface area contributed by atoms with Crippen molar-refractivity contribution in [3.63, 3.8) is 0 Å². The van der Waals surface area contributed by atoms with E-state index in [1.54, 1.807) is 29.2 Å². The number of carbonyl (C=O) groups excluding carboxylic acids is 4. The first-order valence-corrected chi connectivity index (χ1v) is 11.9. The average molecular weight is 461 g/mol. The van der Waals surface area contributed by atoms with E-state index in [0.29, 0.717) is 5.69 Å². The molecule has 0 radical (unpaired) electrons. The van der Waals surface area contributed by atoms with Gasteiger partial charge >= 0.3 is 5.97 Å². The van der Waals surface area contributed by atoms with Crippen LogP contribution in [0.5, 0.6) is 5.75 Å². The van der Waals surface area contributed by atoms with E-state index in [-0.39, 0.29) is 48.3 Å². The lowest BCUT2D eigenvalue weighted by Crippen LogP contribution is -2.31. The number of aryl methyl sites for hydroxylation is 2. The molecule has 0 bridgehead atoms. The van der Waals surface area contributed by atoms with E-state index in [9.17, 15) is 19.2 Å². The second-order valence-corrected chi connectivity index (χ2v) is 9.60. The molecule has 2 aliphatic heterocycles. The molecule has 0 spiro atoms. The monoisotopic (exact) mass is 460 g/mol. The van der Waals surface area contributed by atoms with Gasteiger partial charge in [-0.05, 0) is 62.1 Å². The Morgan fingerprint density at radius 2 is 1.59 bits per heavy atom. The summed E-state index contributed by atoms with van der Waals surface area (Å²) in [6.45, 7) is 4.26. The normalized spacial score (nSPS) is 24.5. The fraction of sp³-hybridized carbons (Fsp3) is 0.407. The first-order chi connectivity index (χ1) is 16.3. The van der Waals surface area contributed by atoms with Gasteiger partial charge in [0, 0.05) is 24.7 Å².